The average molecular weight is 324 g/mol. The van der Waals surface area contributed by atoms with Gasteiger partial charge in [0, 0.05) is 37.8 Å². The van der Waals surface area contributed by atoms with Gasteiger partial charge < -0.3 is 9.80 Å². The van der Waals surface area contributed by atoms with E-state index >= 15 is 0 Å². The molecule has 2 aromatic rings. The summed E-state index contributed by atoms with van der Waals surface area (Å²) in [4.78, 5) is 28.2. The van der Waals surface area contributed by atoms with Gasteiger partial charge in [-0.25, -0.2) is 0 Å². The topological polar surface area (TPSA) is 40.6 Å². The summed E-state index contributed by atoms with van der Waals surface area (Å²) in [5, 5.41) is 0. The summed E-state index contributed by atoms with van der Waals surface area (Å²) in [5.41, 5.74) is 2.28. The van der Waals surface area contributed by atoms with Gasteiger partial charge in [-0.3, -0.25) is 9.59 Å². The Hall–Kier alpha value is -2.62. The molecule has 2 aromatic carbocycles. The van der Waals surface area contributed by atoms with Crippen molar-refractivity contribution in [2.45, 2.75) is 20.4 Å². The second kappa shape index (κ2) is 8.29. The van der Waals surface area contributed by atoms with Crippen LogP contribution in [0.5, 0.6) is 0 Å². The van der Waals surface area contributed by atoms with E-state index in [2.05, 4.69) is 0 Å². The van der Waals surface area contributed by atoms with Gasteiger partial charge in [0.2, 0.25) is 0 Å². The maximum absolute atomic E-state index is 12.5. The van der Waals surface area contributed by atoms with Gasteiger partial charge in [0.1, 0.15) is 0 Å². The number of amides is 2. The number of carbonyl (C=O) groups excluding carboxylic acids is 2. The predicted octanol–water partition coefficient (Wildman–Crippen LogP) is 3.44. The van der Waals surface area contributed by atoms with Crippen LogP contribution in [0.2, 0.25) is 0 Å². The molecule has 0 saturated carbocycles. The van der Waals surface area contributed by atoms with E-state index in [1.165, 1.54) is 0 Å². The first-order valence-corrected chi connectivity index (χ1v) is 8.25. The smallest absolute Gasteiger partial charge is 0.253 e. The van der Waals surface area contributed by atoms with Crippen molar-refractivity contribution in [2.24, 2.45) is 0 Å². The molecule has 0 spiro atoms. The van der Waals surface area contributed by atoms with Crippen LogP contribution in [0.25, 0.3) is 0 Å². The highest BCUT2D eigenvalue weighted by Crippen LogP contribution is 2.11. The lowest BCUT2D eigenvalue weighted by molar-refractivity contribution is 0.0765. The van der Waals surface area contributed by atoms with E-state index in [1.807, 2.05) is 44.2 Å². The number of benzene rings is 2. The minimum absolute atomic E-state index is 0.00311. The molecule has 24 heavy (non-hydrogen) atoms. The van der Waals surface area contributed by atoms with Crippen LogP contribution in [0.1, 0.15) is 40.1 Å². The monoisotopic (exact) mass is 324 g/mol. The third kappa shape index (κ3) is 4.22. The van der Waals surface area contributed by atoms with Crippen LogP contribution in [0, 0.1) is 0 Å². The van der Waals surface area contributed by atoms with E-state index in [0.29, 0.717) is 30.8 Å². The molecule has 4 nitrogen and oxygen atoms in total. The van der Waals surface area contributed by atoms with Crippen molar-refractivity contribution in [1.29, 1.82) is 0 Å². The minimum atomic E-state index is -0.0549. The van der Waals surface area contributed by atoms with Gasteiger partial charge in [0.15, 0.2) is 0 Å². The normalized spacial score (nSPS) is 10.3. The van der Waals surface area contributed by atoms with E-state index in [0.717, 1.165) is 5.56 Å². The van der Waals surface area contributed by atoms with E-state index < -0.39 is 0 Å². The molecule has 0 bridgehead atoms. The lowest BCUT2D eigenvalue weighted by Crippen LogP contribution is -2.30. The number of hydrogen-bond donors (Lipinski definition) is 0. The Kier molecular flexibility index (Phi) is 6.13. The largest absolute Gasteiger partial charge is 0.339 e. The first-order valence-electron chi connectivity index (χ1n) is 8.25. The molecule has 126 valence electrons. The van der Waals surface area contributed by atoms with Gasteiger partial charge in [-0.1, -0.05) is 30.3 Å². The molecule has 2 amide bonds. The molecule has 0 heterocycles. The fourth-order valence-electron chi connectivity index (χ4n) is 2.60. The molecule has 0 aliphatic heterocycles. The van der Waals surface area contributed by atoms with Gasteiger partial charge in [-0.05, 0) is 43.7 Å². The standard InChI is InChI=1S/C20H24N2O2/c1-4-22(5-2)20(24)18-13-11-17(12-14-18)19(23)21(3)15-16-9-7-6-8-10-16/h6-14H,4-5,15H2,1-3H3. The van der Waals surface area contributed by atoms with Crippen molar-refractivity contribution in [3.05, 3.63) is 71.3 Å². The summed E-state index contributed by atoms with van der Waals surface area (Å²) in [6.45, 7) is 5.82. The van der Waals surface area contributed by atoms with Gasteiger partial charge in [0.25, 0.3) is 11.8 Å². The summed E-state index contributed by atoms with van der Waals surface area (Å²) < 4.78 is 0. The summed E-state index contributed by atoms with van der Waals surface area (Å²) in [6.07, 6.45) is 0. The fraction of sp³-hybridized carbons (Fsp3) is 0.300. The Morgan fingerprint density at radius 2 is 1.29 bits per heavy atom. The quantitative estimate of drug-likeness (QED) is 0.816. The maximum Gasteiger partial charge on any atom is 0.253 e. The number of rotatable bonds is 6. The predicted molar refractivity (Wildman–Crippen MR) is 95.9 cm³/mol. The Balaban J connectivity index is 2.07. The molecule has 0 aliphatic rings. The molecule has 4 heteroatoms. The summed E-state index contributed by atoms with van der Waals surface area (Å²) in [5.74, 6) is -0.0580. The van der Waals surface area contributed by atoms with Gasteiger partial charge >= 0.3 is 0 Å². The first-order chi connectivity index (χ1) is 11.6. The van der Waals surface area contributed by atoms with Crippen LogP contribution in [0.15, 0.2) is 54.6 Å². The maximum atomic E-state index is 12.5. The Labute approximate surface area is 143 Å². The van der Waals surface area contributed by atoms with E-state index in [4.69, 9.17) is 0 Å². The molecule has 0 fully saturated rings. The van der Waals surface area contributed by atoms with Crippen LogP contribution in [-0.4, -0.2) is 41.8 Å². The highest BCUT2D eigenvalue weighted by atomic mass is 16.2. The van der Waals surface area contributed by atoms with Crippen molar-refractivity contribution in [2.75, 3.05) is 20.1 Å². The van der Waals surface area contributed by atoms with Crippen molar-refractivity contribution in [3.63, 3.8) is 0 Å². The second-order valence-electron chi connectivity index (χ2n) is 5.70. The lowest BCUT2D eigenvalue weighted by atomic mass is 10.1. The molecular formula is C20H24N2O2. The highest BCUT2D eigenvalue weighted by molar-refractivity contribution is 5.97. The zero-order valence-electron chi connectivity index (χ0n) is 14.5. The van der Waals surface area contributed by atoms with Gasteiger partial charge in [0.05, 0.1) is 0 Å². The summed E-state index contributed by atoms with van der Waals surface area (Å²) in [6, 6.07) is 16.8. The number of nitrogens with zero attached hydrogens (tertiary/aromatic N) is 2. The zero-order chi connectivity index (χ0) is 17.5. The molecule has 0 N–H and O–H groups in total. The molecule has 0 atom stereocenters. The van der Waals surface area contributed by atoms with Crippen LogP contribution in [0.3, 0.4) is 0 Å². The van der Waals surface area contributed by atoms with Crippen molar-refractivity contribution in [3.8, 4) is 0 Å². The SMILES string of the molecule is CCN(CC)C(=O)c1ccc(C(=O)N(C)Cc2ccccc2)cc1. The van der Waals surface area contributed by atoms with Crippen molar-refractivity contribution in [1.82, 2.24) is 9.80 Å². The Morgan fingerprint density at radius 1 is 0.792 bits per heavy atom. The van der Waals surface area contributed by atoms with Gasteiger partial charge in [-0.15, -0.1) is 0 Å². The van der Waals surface area contributed by atoms with Crippen molar-refractivity contribution >= 4 is 11.8 Å². The van der Waals surface area contributed by atoms with Crippen LogP contribution in [0.4, 0.5) is 0 Å². The summed E-state index contributed by atoms with van der Waals surface area (Å²) in [7, 11) is 1.78. The fourth-order valence-corrected chi connectivity index (χ4v) is 2.60. The molecule has 0 radical (unpaired) electrons. The van der Waals surface area contributed by atoms with Crippen LogP contribution >= 0.6 is 0 Å². The van der Waals surface area contributed by atoms with Crippen molar-refractivity contribution < 1.29 is 9.59 Å². The minimum Gasteiger partial charge on any atom is -0.339 e. The summed E-state index contributed by atoms with van der Waals surface area (Å²) >= 11 is 0. The number of hydrogen-bond acceptors (Lipinski definition) is 2. The molecular weight excluding hydrogens is 300 g/mol. The van der Waals surface area contributed by atoms with Crippen LogP contribution < -0.4 is 0 Å². The second-order valence-corrected chi connectivity index (χ2v) is 5.70. The highest BCUT2D eigenvalue weighted by Gasteiger charge is 2.15. The number of carbonyl (C=O) groups is 2. The molecule has 0 saturated heterocycles. The molecule has 2 rings (SSSR count). The average Bonchev–Trinajstić information content (AvgIpc) is 2.63. The van der Waals surface area contributed by atoms with E-state index in [1.54, 1.807) is 41.1 Å². The van der Waals surface area contributed by atoms with Gasteiger partial charge in [-0.2, -0.15) is 0 Å². The Morgan fingerprint density at radius 3 is 1.79 bits per heavy atom. The Bertz CT molecular complexity index is 677. The lowest BCUT2D eigenvalue weighted by Gasteiger charge is -2.19. The molecule has 0 aliphatic carbocycles. The van der Waals surface area contributed by atoms with Crippen LogP contribution in [-0.2, 0) is 6.54 Å². The first kappa shape index (κ1) is 17.7. The zero-order valence-corrected chi connectivity index (χ0v) is 14.5. The molecule has 0 aromatic heterocycles. The molecule has 0 unspecified atom stereocenters. The third-order valence-electron chi connectivity index (χ3n) is 4.04. The third-order valence-corrected chi connectivity index (χ3v) is 4.04. The van der Waals surface area contributed by atoms with E-state index in [9.17, 15) is 9.59 Å². The van der Waals surface area contributed by atoms with E-state index in [-0.39, 0.29) is 11.8 Å².